The molecule has 2 aromatic carbocycles. The zero-order valence-electron chi connectivity index (χ0n) is 18.9. The number of para-hydroxylation sites is 1. The van der Waals surface area contributed by atoms with Gasteiger partial charge in [0.15, 0.2) is 0 Å². The molecule has 0 spiro atoms. The summed E-state index contributed by atoms with van der Waals surface area (Å²) >= 11 is 0. The highest BCUT2D eigenvalue weighted by Gasteiger charge is 2.24. The van der Waals surface area contributed by atoms with Crippen molar-refractivity contribution >= 4 is 27.5 Å². The Morgan fingerprint density at radius 1 is 1.12 bits per heavy atom. The molecule has 0 aliphatic carbocycles. The van der Waals surface area contributed by atoms with Crippen LogP contribution in [0.15, 0.2) is 48.5 Å². The molecule has 32 heavy (non-hydrogen) atoms. The molecule has 7 nitrogen and oxygen atoms in total. The van der Waals surface area contributed by atoms with Gasteiger partial charge in [-0.05, 0) is 35.1 Å². The van der Waals surface area contributed by atoms with E-state index in [0.29, 0.717) is 18.7 Å². The van der Waals surface area contributed by atoms with Crippen molar-refractivity contribution in [3.8, 4) is 0 Å². The van der Waals surface area contributed by atoms with Gasteiger partial charge >= 0.3 is 0 Å². The normalized spacial score (nSPS) is 14.1. The number of hydrogen-bond acceptors (Lipinski definition) is 4. The van der Waals surface area contributed by atoms with Crippen molar-refractivity contribution < 1.29 is 18.0 Å². The number of likely N-dealkylation sites (tertiary alicyclic amines) is 1. The molecule has 3 rings (SSSR count). The Kier molecular flexibility index (Phi) is 7.56. The molecule has 0 radical (unpaired) electrons. The second-order valence-corrected chi connectivity index (χ2v) is 10.4. The number of sulfonamides is 1. The SMILES string of the molecule is CC(C)c1ccccc1N(CC(=O)NCc1cccc(CN2CCCC2=O)c1)S(C)(=O)=O. The molecule has 2 aromatic rings. The molecule has 8 heteroatoms. The van der Waals surface area contributed by atoms with E-state index in [0.717, 1.165) is 40.2 Å². The smallest absolute Gasteiger partial charge is 0.241 e. The molecule has 1 N–H and O–H groups in total. The fourth-order valence-corrected chi connectivity index (χ4v) is 4.78. The van der Waals surface area contributed by atoms with Crippen molar-refractivity contribution in [3.63, 3.8) is 0 Å². The highest BCUT2D eigenvalue weighted by Crippen LogP contribution is 2.28. The first-order valence-electron chi connectivity index (χ1n) is 10.8. The second-order valence-electron chi connectivity index (χ2n) is 8.50. The maximum absolute atomic E-state index is 12.7. The van der Waals surface area contributed by atoms with Gasteiger partial charge in [-0.25, -0.2) is 8.42 Å². The Morgan fingerprint density at radius 2 is 1.84 bits per heavy atom. The lowest BCUT2D eigenvalue weighted by atomic mass is 10.0. The van der Waals surface area contributed by atoms with Crippen molar-refractivity contribution in [2.45, 2.75) is 45.7 Å². The lowest BCUT2D eigenvalue weighted by molar-refractivity contribution is -0.128. The van der Waals surface area contributed by atoms with E-state index in [2.05, 4.69) is 5.32 Å². The van der Waals surface area contributed by atoms with Gasteiger partial charge in [0.25, 0.3) is 0 Å². The van der Waals surface area contributed by atoms with E-state index in [9.17, 15) is 18.0 Å². The quantitative estimate of drug-likeness (QED) is 0.627. The molecule has 1 aliphatic heterocycles. The molecule has 1 heterocycles. The number of benzene rings is 2. The zero-order chi connectivity index (χ0) is 23.3. The van der Waals surface area contributed by atoms with Crippen LogP contribution in [-0.4, -0.2) is 44.5 Å². The van der Waals surface area contributed by atoms with Crippen LogP contribution < -0.4 is 9.62 Å². The Morgan fingerprint density at radius 3 is 2.50 bits per heavy atom. The van der Waals surface area contributed by atoms with Gasteiger partial charge in [0, 0.05) is 26.1 Å². The summed E-state index contributed by atoms with van der Waals surface area (Å²) in [5.74, 6) is -0.0934. The molecule has 172 valence electrons. The monoisotopic (exact) mass is 457 g/mol. The number of carbonyl (C=O) groups is 2. The summed E-state index contributed by atoms with van der Waals surface area (Å²) in [6.45, 7) is 5.31. The van der Waals surface area contributed by atoms with Gasteiger partial charge < -0.3 is 10.2 Å². The van der Waals surface area contributed by atoms with Gasteiger partial charge in [-0.3, -0.25) is 13.9 Å². The third-order valence-electron chi connectivity index (χ3n) is 5.54. The summed E-state index contributed by atoms with van der Waals surface area (Å²) in [6, 6.07) is 15.0. The number of rotatable bonds is 9. The third kappa shape index (κ3) is 6.09. The van der Waals surface area contributed by atoms with E-state index in [1.54, 1.807) is 12.1 Å². The molecule has 0 bridgehead atoms. The van der Waals surface area contributed by atoms with Gasteiger partial charge in [0.05, 0.1) is 11.9 Å². The number of amides is 2. The van der Waals surface area contributed by atoms with Crippen LogP contribution in [0.2, 0.25) is 0 Å². The number of nitrogens with zero attached hydrogens (tertiary/aromatic N) is 2. The minimum Gasteiger partial charge on any atom is -0.350 e. The van der Waals surface area contributed by atoms with Gasteiger partial charge in [-0.15, -0.1) is 0 Å². The van der Waals surface area contributed by atoms with Crippen LogP contribution in [0.3, 0.4) is 0 Å². The van der Waals surface area contributed by atoms with Gasteiger partial charge in [-0.1, -0.05) is 56.3 Å². The Hall–Kier alpha value is -2.87. The molecule has 1 saturated heterocycles. The van der Waals surface area contributed by atoms with Crippen molar-refractivity contribution in [2.24, 2.45) is 0 Å². The summed E-state index contributed by atoms with van der Waals surface area (Å²) in [5, 5.41) is 2.82. The van der Waals surface area contributed by atoms with Gasteiger partial charge in [0.2, 0.25) is 21.8 Å². The molecular weight excluding hydrogens is 426 g/mol. The maximum atomic E-state index is 12.7. The van der Waals surface area contributed by atoms with Crippen molar-refractivity contribution in [1.82, 2.24) is 10.2 Å². The van der Waals surface area contributed by atoms with E-state index >= 15 is 0 Å². The first kappa shape index (κ1) is 23.8. The summed E-state index contributed by atoms with van der Waals surface area (Å²) in [4.78, 5) is 26.4. The predicted molar refractivity (Wildman–Crippen MR) is 126 cm³/mol. The van der Waals surface area contributed by atoms with Crippen molar-refractivity contribution in [2.75, 3.05) is 23.7 Å². The minimum atomic E-state index is -3.64. The molecule has 1 aliphatic rings. The summed E-state index contributed by atoms with van der Waals surface area (Å²) in [7, 11) is -3.64. The maximum Gasteiger partial charge on any atom is 0.241 e. The van der Waals surface area contributed by atoms with Crippen LogP contribution in [0.25, 0.3) is 0 Å². The molecule has 2 amide bonds. The average Bonchev–Trinajstić information content (AvgIpc) is 3.14. The van der Waals surface area contributed by atoms with Crippen LogP contribution >= 0.6 is 0 Å². The lowest BCUT2D eigenvalue weighted by Crippen LogP contribution is -2.40. The van der Waals surface area contributed by atoms with Crippen molar-refractivity contribution in [1.29, 1.82) is 0 Å². The number of nitrogens with one attached hydrogen (secondary N) is 1. The summed E-state index contributed by atoms with van der Waals surface area (Å²) in [5.41, 5.74) is 3.30. The molecule has 0 saturated carbocycles. The Balaban J connectivity index is 1.66. The Bertz CT molecular complexity index is 1080. The number of carbonyl (C=O) groups excluding carboxylic acids is 2. The van der Waals surface area contributed by atoms with E-state index in [-0.39, 0.29) is 30.8 Å². The summed E-state index contributed by atoms with van der Waals surface area (Å²) < 4.78 is 26.1. The van der Waals surface area contributed by atoms with E-state index in [1.165, 1.54) is 0 Å². The van der Waals surface area contributed by atoms with Crippen LogP contribution in [0.1, 0.15) is 49.3 Å². The molecular formula is C24H31N3O4S. The summed E-state index contributed by atoms with van der Waals surface area (Å²) in [6.07, 6.45) is 2.61. The fraction of sp³-hybridized carbons (Fsp3) is 0.417. The van der Waals surface area contributed by atoms with Crippen molar-refractivity contribution in [3.05, 3.63) is 65.2 Å². The van der Waals surface area contributed by atoms with E-state index in [4.69, 9.17) is 0 Å². The first-order valence-corrected chi connectivity index (χ1v) is 12.7. The molecule has 0 aromatic heterocycles. The minimum absolute atomic E-state index is 0.115. The Labute approximate surface area is 190 Å². The van der Waals surface area contributed by atoms with Crippen LogP contribution in [0, 0.1) is 0 Å². The molecule has 0 atom stereocenters. The fourth-order valence-electron chi connectivity index (χ4n) is 3.90. The predicted octanol–water partition coefficient (Wildman–Crippen LogP) is 3.01. The van der Waals surface area contributed by atoms with Crippen LogP contribution in [-0.2, 0) is 32.7 Å². The lowest BCUT2D eigenvalue weighted by Gasteiger charge is -2.25. The van der Waals surface area contributed by atoms with Crippen LogP contribution in [0.4, 0.5) is 5.69 Å². The number of anilines is 1. The highest BCUT2D eigenvalue weighted by molar-refractivity contribution is 7.92. The molecule has 1 fully saturated rings. The van der Waals surface area contributed by atoms with E-state index in [1.807, 2.05) is 55.1 Å². The highest BCUT2D eigenvalue weighted by atomic mass is 32.2. The van der Waals surface area contributed by atoms with Gasteiger partial charge in [0.1, 0.15) is 6.54 Å². The van der Waals surface area contributed by atoms with Gasteiger partial charge in [-0.2, -0.15) is 0 Å². The third-order valence-corrected chi connectivity index (χ3v) is 6.67. The zero-order valence-corrected chi connectivity index (χ0v) is 19.7. The molecule has 0 unspecified atom stereocenters. The van der Waals surface area contributed by atoms with Crippen LogP contribution in [0.5, 0.6) is 0 Å². The average molecular weight is 458 g/mol. The standard InChI is InChI=1S/C24H31N3O4S/c1-18(2)21-10-4-5-11-22(21)27(32(3,30)31)17-23(28)25-15-19-8-6-9-20(14-19)16-26-13-7-12-24(26)29/h4-6,8-11,14,18H,7,12-13,15-17H2,1-3H3,(H,25,28). The first-order chi connectivity index (χ1) is 15.1. The largest absolute Gasteiger partial charge is 0.350 e. The second kappa shape index (κ2) is 10.2. The van der Waals surface area contributed by atoms with E-state index < -0.39 is 10.0 Å². The number of hydrogen-bond donors (Lipinski definition) is 1. The topological polar surface area (TPSA) is 86.8 Å².